The zero-order chi connectivity index (χ0) is 17.2. The number of allylic oxidation sites excluding steroid dienone is 1. The van der Waals surface area contributed by atoms with Gasteiger partial charge in [-0.1, -0.05) is 42.0 Å². The van der Waals surface area contributed by atoms with E-state index in [2.05, 4.69) is 42.5 Å². The topological polar surface area (TPSA) is 37.3 Å². The van der Waals surface area contributed by atoms with Crippen molar-refractivity contribution in [1.82, 2.24) is 0 Å². The van der Waals surface area contributed by atoms with E-state index in [1.165, 1.54) is 18.4 Å². The molecular weight excluding hydrogens is 411 g/mol. The van der Waals surface area contributed by atoms with Gasteiger partial charge in [-0.25, -0.2) is 0 Å². The second-order valence-electron chi connectivity index (χ2n) is 9.18. The van der Waals surface area contributed by atoms with Crippen molar-refractivity contribution < 1.29 is 9.90 Å². The Kier molecular flexibility index (Phi) is 4.08. The van der Waals surface area contributed by atoms with E-state index < -0.39 is 5.60 Å². The fraction of sp³-hybridized carbons (Fsp3) is 0.762. The highest BCUT2D eigenvalue weighted by Crippen LogP contribution is 2.67. The molecule has 0 aromatic carbocycles. The Labute approximate surface area is 159 Å². The maximum absolute atomic E-state index is 11.9. The lowest BCUT2D eigenvalue weighted by Gasteiger charge is -2.58. The second-order valence-corrected chi connectivity index (χ2v) is 9.90. The maximum Gasteiger partial charge on any atom is 0.155 e. The van der Waals surface area contributed by atoms with E-state index in [0.29, 0.717) is 17.6 Å². The number of hydrogen-bond donors (Lipinski definition) is 1. The maximum atomic E-state index is 11.9. The van der Waals surface area contributed by atoms with Crippen LogP contribution in [0.15, 0.2) is 21.8 Å². The van der Waals surface area contributed by atoms with Crippen LogP contribution in [-0.2, 0) is 4.79 Å². The van der Waals surface area contributed by atoms with Crippen LogP contribution in [-0.4, -0.2) is 16.5 Å². The average molecular weight is 440 g/mol. The van der Waals surface area contributed by atoms with Gasteiger partial charge in [-0.15, -0.1) is 0 Å². The van der Waals surface area contributed by atoms with Crippen LogP contribution in [0.25, 0.3) is 0 Å². The van der Waals surface area contributed by atoms with Gasteiger partial charge in [0.05, 0.1) is 5.60 Å². The minimum absolute atomic E-state index is 0.0257. The van der Waals surface area contributed by atoms with Gasteiger partial charge in [0.15, 0.2) is 5.78 Å². The normalized spacial score (nSPS) is 51.1. The van der Waals surface area contributed by atoms with Crippen molar-refractivity contribution in [2.24, 2.45) is 28.6 Å². The van der Waals surface area contributed by atoms with Gasteiger partial charge < -0.3 is 5.11 Å². The van der Waals surface area contributed by atoms with Crippen molar-refractivity contribution in [1.29, 1.82) is 0 Å². The molecule has 0 saturated heterocycles. The third-order valence-electron chi connectivity index (χ3n) is 8.52. The summed E-state index contributed by atoms with van der Waals surface area (Å²) in [5.74, 6) is 2.39. The van der Waals surface area contributed by atoms with Gasteiger partial charge >= 0.3 is 0 Å². The summed E-state index contributed by atoms with van der Waals surface area (Å²) in [7, 11) is 0. The van der Waals surface area contributed by atoms with Crippen LogP contribution in [0.5, 0.6) is 0 Å². The van der Waals surface area contributed by atoms with E-state index in [9.17, 15) is 9.90 Å². The SMILES string of the molecule is C[C@]12CCC(=O)C=C1CC[C@@H]1[C@@H]2CC[C@@]2(C)[C@H]1CC[C@@]2(O)/C=C\I. The number of ketones is 1. The molecule has 0 unspecified atom stereocenters. The highest BCUT2D eigenvalue weighted by atomic mass is 127. The number of aliphatic hydroxyl groups is 1. The van der Waals surface area contributed by atoms with Crippen LogP contribution in [0, 0.1) is 28.6 Å². The molecule has 0 bridgehead atoms. The van der Waals surface area contributed by atoms with Gasteiger partial charge in [0, 0.05) is 11.8 Å². The Balaban J connectivity index is 1.68. The summed E-state index contributed by atoms with van der Waals surface area (Å²) in [6.45, 7) is 4.77. The first-order chi connectivity index (χ1) is 11.3. The Morgan fingerprint density at radius 2 is 1.88 bits per heavy atom. The van der Waals surface area contributed by atoms with Crippen molar-refractivity contribution in [3.63, 3.8) is 0 Å². The Hall–Kier alpha value is -0.160. The van der Waals surface area contributed by atoms with E-state index >= 15 is 0 Å². The first-order valence-corrected chi connectivity index (χ1v) is 10.8. The summed E-state index contributed by atoms with van der Waals surface area (Å²) in [5.41, 5.74) is 1.07. The largest absolute Gasteiger partial charge is 0.385 e. The number of rotatable bonds is 1. The second kappa shape index (κ2) is 5.67. The first kappa shape index (κ1) is 17.3. The number of halogens is 1. The molecule has 24 heavy (non-hydrogen) atoms. The van der Waals surface area contributed by atoms with Crippen LogP contribution in [0.3, 0.4) is 0 Å². The van der Waals surface area contributed by atoms with Crippen LogP contribution in [0.1, 0.15) is 65.2 Å². The zero-order valence-electron chi connectivity index (χ0n) is 14.9. The van der Waals surface area contributed by atoms with E-state index in [0.717, 1.165) is 44.4 Å². The van der Waals surface area contributed by atoms with Gasteiger partial charge in [-0.2, -0.15) is 0 Å². The van der Waals surface area contributed by atoms with Gasteiger partial charge in [0.25, 0.3) is 0 Å². The highest BCUT2D eigenvalue weighted by Gasteiger charge is 2.63. The third kappa shape index (κ3) is 2.19. The highest BCUT2D eigenvalue weighted by molar-refractivity contribution is 14.1. The average Bonchev–Trinajstić information content (AvgIpc) is 2.80. The predicted octanol–water partition coefficient (Wildman–Crippen LogP) is 5.20. The molecule has 6 atom stereocenters. The lowest BCUT2D eigenvalue weighted by molar-refractivity contribution is -0.120. The lowest BCUT2D eigenvalue weighted by atomic mass is 9.46. The standard InChI is InChI=1S/C21H29IO2/c1-19-8-5-15(23)13-14(19)3-4-16-17(19)6-9-20(2)18(16)7-10-21(20,24)11-12-22/h11-13,16-18,24H,3-10H2,1-2H3/b12-11-/t16-,17+,18+,19+,20+,21-/m1/s1. The molecule has 0 aliphatic heterocycles. The number of carbonyl (C=O) groups is 1. The van der Waals surface area contributed by atoms with Crippen molar-refractivity contribution in [2.75, 3.05) is 0 Å². The summed E-state index contributed by atoms with van der Waals surface area (Å²) >= 11 is 2.24. The molecule has 0 aromatic rings. The molecule has 0 heterocycles. The Morgan fingerprint density at radius 1 is 1.12 bits per heavy atom. The van der Waals surface area contributed by atoms with Crippen LogP contribution in [0.2, 0.25) is 0 Å². The smallest absolute Gasteiger partial charge is 0.155 e. The number of carbonyl (C=O) groups excluding carboxylic acids is 1. The number of fused-ring (bicyclic) bond motifs is 5. The Bertz CT molecular complexity index is 623. The molecule has 4 aliphatic carbocycles. The minimum Gasteiger partial charge on any atom is -0.385 e. The van der Waals surface area contributed by atoms with Crippen LogP contribution < -0.4 is 0 Å². The van der Waals surface area contributed by atoms with Gasteiger partial charge in [0.1, 0.15) is 0 Å². The van der Waals surface area contributed by atoms with Crippen LogP contribution >= 0.6 is 22.6 Å². The monoisotopic (exact) mass is 440 g/mol. The lowest BCUT2D eigenvalue weighted by Crippen LogP contribution is -2.54. The van der Waals surface area contributed by atoms with Gasteiger partial charge in [0.2, 0.25) is 0 Å². The minimum atomic E-state index is -0.622. The Morgan fingerprint density at radius 3 is 2.62 bits per heavy atom. The molecule has 2 nitrogen and oxygen atoms in total. The molecule has 0 radical (unpaired) electrons. The fourth-order valence-corrected chi connectivity index (χ4v) is 7.58. The first-order valence-electron chi connectivity index (χ1n) is 9.58. The summed E-state index contributed by atoms with van der Waals surface area (Å²) in [4.78, 5) is 11.9. The van der Waals surface area contributed by atoms with Crippen molar-refractivity contribution in [2.45, 2.75) is 70.8 Å². The van der Waals surface area contributed by atoms with Crippen molar-refractivity contribution in [3.8, 4) is 0 Å². The number of hydrogen-bond acceptors (Lipinski definition) is 2. The molecular formula is C21H29IO2. The van der Waals surface area contributed by atoms with Crippen LogP contribution in [0.4, 0.5) is 0 Å². The predicted molar refractivity (Wildman–Crippen MR) is 105 cm³/mol. The molecule has 1 N–H and O–H groups in total. The quantitative estimate of drug-likeness (QED) is 0.570. The van der Waals surface area contributed by atoms with Gasteiger partial charge in [-0.3, -0.25) is 4.79 Å². The summed E-state index contributed by atoms with van der Waals surface area (Å²) in [6.07, 6.45) is 12.5. The third-order valence-corrected chi connectivity index (χ3v) is 8.88. The molecule has 3 heteroatoms. The zero-order valence-corrected chi connectivity index (χ0v) is 17.0. The molecule has 3 saturated carbocycles. The summed E-state index contributed by atoms with van der Waals surface area (Å²) in [5, 5.41) is 11.3. The summed E-state index contributed by atoms with van der Waals surface area (Å²) < 4.78 is 2.01. The van der Waals surface area contributed by atoms with E-state index in [-0.39, 0.29) is 10.8 Å². The fourth-order valence-electron chi connectivity index (χ4n) is 6.99. The molecule has 0 aromatic heterocycles. The molecule has 0 spiro atoms. The molecule has 3 fully saturated rings. The van der Waals surface area contributed by atoms with E-state index in [1.54, 1.807) is 0 Å². The molecule has 4 rings (SSSR count). The van der Waals surface area contributed by atoms with Crippen molar-refractivity contribution in [3.05, 3.63) is 21.8 Å². The summed E-state index contributed by atoms with van der Waals surface area (Å²) in [6, 6.07) is 0. The molecule has 132 valence electrons. The van der Waals surface area contributed by atoms with Gasteiger partial charge in [-0.05, 0) is 84.3 Å². The van der Waals surface area contributed by atoms with E-state index in [1.807, 2.05) is 10.2 Å². The molecule has 0 amide bonds. The molecule has 4 aliphatic rings. The van der Waals surface area contributed by atoms with E-state index in [4.69, 9.17) is 0 Å². The van der Waals surface area contributed by atoms with Crippen molar-refractivity contribution >= 4 is 28.4 Å².